The Labute approximate surface area is 182 Å². The lowest BCUT2D eigenvalue weighted by molar-refractivity contribution is -0.133. The molecule has 1 N–H and O–H groups in total. The second-order valence-electron chi connectivity index (χ2n) is 8.57. The van der Waals surface area contributed by atoms with Gasteiger partial charge in [0.2, 0.25) is 5.91 Å². The fourth-order valence-electron chi connectivity index (χ4n) is 4.46. The fraction of sp³-hybridized carbons (Fsp3) is 0.478. The van der Waals surface area contributed by atoms with Crippen molar-refractivity contribution in [3.63, 3.8) is 0 Å². The van der Waals surface area contributed by atoms with E-state index in [1.807, 2.05) is 44.2 Å². The molecular weight excluding hydrogens is 392 g/mol. The van der Waals surface area contributed by atoms with Crippen molar-refractivity contribution in [2.75, 3.05) is 31.6 Å². The van der Waals surface area contributed by atoms with Gasteiger partial charge in [-0.05, 0) is 38.8 Å². The summed E-state index contributed by atoms with van der Waals surface area (Å²) in [5, 5.41) is 11.2. The number of piperidine rings is 1. The molecule has 0 saturated carbocycles. The van der Waals surface area contributed by atoms with Crippen molar-refractivity contribution in [3.8, 4) is 0 Å². The molecule has 1 amide bonds. The Bertz CT molecular complexity index is 1080. The van der Waals surface area contributed by atoms with E-state index in [0.717, 1.165) is 41.3 Å². The average Bonchev–Trinajstić information content (AvgIpc) is 3.06. The van der Waals surface area contributed by atoms with Crippen LogP contribution in [-0.4, -0.2) is 67.7 Å². The van der Waals surface area contributed by atoms with Gasteiger partial charge in [0.05, 0.1) is 23.2 Å². The van der Waals surface area contributed by atoms with E-state index in [2.05, 4.69) is 24.4 Å². The number of aryl methyl sites for hydroxylation is 3. The lowest BCUT2D eigenvalue weighted by atomic mass is 9.92. The molecule has 8 heteroatoms. The molecule has 164 valence electrons. The van der Waals surface area contributed by atoms with Crippen molar-refractivity contribution >= 4 is 22.8 Å². The highest BCUT2D eigenvalue weighted by Gasteiger charge is 2.36. The van der Waals surface area contributed by atoms with Gasteiger partial charge in [0.1, 0.15) is 18.0 Å². The Balaban J connectivity index is 1.38. The van der Waals surface area contributed by atoms with Crippen LogP contribution >= 0.6 is 0 Å². The van der Waals surface area contributed by atoms with Crippen LogP contribution in [0.1, 0.15) is 30.8 Å². The van der Waals surface area contributed by atoms with Gasteiger partial charge in [0.15, 0.2) is 0 Å². The Hall–Kier alpha value is -3.00. The van der Waals surface area contributed by atoms with Gasteiger partial charge in [-0.25, -0.2) is 15.0 Å². The smallest absolute Gasteiger partial charge is 0.224 e. The molecule has 8 nitrogen and oxygen atoms in total. The molecule has 3 aromatic rings. The molecule has 1 aliphatic rings. The third kappa shape index (κ3) is 4.69. The number of rotatable bonds is 6. The van der Waals surface area contributed by atoms with E-state index in [0.29, 0.717) is 32.5 Å². The highest BCUT2D eigenvalue weighted by molar-refractivity contribution is 5.78. The molecule has 2 aromatic heterocycles. The molecule has 1 unspecified atom stereocenters. The average molecular weight is 423 g/mol. The fourth-order valence-corrected chi connectivity index (χ4v) is 4.46. The van der Waals surface area contributed by atoms with E-state index in [4.69, 9.17) is 0 Å². The molecule has 1 fully saturated rings. The summed E-state index contributed by atoms with van der Waals surface area (Å²) in [6, 6.07) is 9.89. The standard InChI is InChI=1S/C23H30N6O2/c1-17-13-21(25-16-24-17)28-11-6-10-23(31,15-28)14-27(3)22(30)9-12-29-18(2)26-19-7-4-5-8-20(19)29/h4-5,7-8,13,16,31H,6,9-12,14-15H2,1-3H3. The summed E-state index contributed by atoms with van der Waals surface area (Å²) in [6.45, 7) is 6.05. The third-order valence-electron chi connectivity index (χ3n) is 6.02. The van der Waals surface area contributed by atoms with Crippen molar-refractivity contribution in [1.82, 2.24) is 24.4 Å². The second-order valence-corrected chi connectivity index (χ2v) is 8.57. The summed E-state index contributed by atoms with van der Waals surface area (Å²) in [6.07, 6.45) is 3.43. The number of amides is 1. The number of carbonyl (C=O) groups is 1. The van der Waals surface area contributed by atoms with Crippen LogP contribution in [-0.2, 0) is 11.3 Å². The SMILES string of the molecule is Cc1cc(N2CCCC(O)(CN(C)C(=O)CCn3c(C)nc4ccccc43)C2)ncn1. The number of likely N-dealkylation sites (N-methyl/N-ethyl adjacent to an activating group) is 1. The number of β-amino-alcohol motifs (C(OH)–C–C–N with tert-alkyl or cyclic N) is 1. The molecular formula is C23H30N6O2. The van der Waals surface area contributed by atoms with Crippen LogP contribution in [0.4, 0.5) is 5.82 Å². The normalized spacial score (nSPS) is 19.0. The predicted molar refractivity (Wildman–Crippen MR) is 120 cm³/mol. The van der Waals surface area contributed by atoms with E-state index in [1.165, 1.54) is 0 Å². The van der Waals surface area contributed by atoms with E-state index in [-0.39, 0.29) is 5.91 Å². The predicted octanol–water partition coefficient (Wildman–Crippen LogP) is 2.32. The third-order valence-corrected chi connectivity index (χ3v) is 6.02. The number of carbonyl (C=O) groups excluding carboxylic acids is 1. The van der Waals surface area contributed by atoms with Gasteiger partial charge in [-0.3, -0.25) is 4.79 Å². The van der Waals surface area contributed by atoms with E-state index in [9.17, 15) is 9.90 Å². The van der Waals surface area contributed by atoms with Crippen LogP contribution < -0.4 is 4.90 Å². The van der Waals surface area contributed by atoms with Crippen molar-refractivity contribution < 1.29 is 9.90 Å². The molecule has 0 spiro atoms. The van der Waals surface area contributed by atoms with Crippen LogP contribution in [0.5, 0.6) is 0 Å². The Morgan fingerprint density at radius 3 is 2.87 bits per heavy atom. The monoisotopic (exact) mass is 422 g/mol. The zero-order valence-electron chi connectivity index (χ0n) is 18.5. The minimum Gasteiger partial charge on any atom is -0.386 e. The Morgan fingerprint density at radius 1 is 1.26 bits per heavy atom. The van der Waals surface area contributed by atoms with Gasteiger partial charge in [-0.2, -0.15) is 0 Å². The first-order chi connectivity index (χ1) is 14.8. The maximum absolute atomic E-state index is 12.8. The van der Waals surface area contributed by atoms with Crippen molar-refractivity contribution in [2.45, 2.75) is 45.3 Å². The van der Waals surface area contributed by atoms with E-state index in [1.54, 1.807) is 18.3 Å². The highest BCUT2D eigenvalue weighted by atomic mass is 16.3. The molecule has 0 radical (unpaired) electrons. The van der Waals surface area contributed by atoms with Crippen molar-refractivity contribution in [1.29, 1.82) is 0 Å². The summed E-state index contributed by atoms with van der Waals surface area (Å²) in [7, 11) is 1.77. The number of imidazole rings is 1. The van der Waals surface area contributed by atoms with Gasteiger partial charge < -0.3 is 19.5 Å². The number of fused-ring (bicyclic) bond motifs is 1. The quantitative estimate of drug-likeness (QED) is 0.656. The van der Waals surface area contributed by atoms with Gasteiger partial charge in [-0.15, -0.1) is 0 Å². The first kappa shape index (κ1) is 21.2. The lowest BCUT2D eigenvalue weighted by Crippen LogP contribution is -2.55. The minimum atomic E-state index is -0.959. The number of para-hydroxylation sites is 2. The molecule has 0 aliphatic carbocycles. The molecule has 1 saturated heterocycles. The molecule has 0 bridgehead atoms. The van der Waals surface area contributed by atoms with Crippen LogP contribution in [0, 0.1) is 13.8 Å². The summed E-state index contributed by atoms with van der Waals surface area (Å²) >= 11 is 0. The van der Waals surface area contributed by atoms with E-state index < -0.39 is 5.60 Å². The van der Waals surface area contributed by atoms with Crippen molar-refractivity contribution in [2.24, 2.45) is 0 Å². The Kier molecular flexibility index (Phi) is 5.91. The number of hydrogen-bond acceptors (Lipinski definition) is 6. The zero-order chi connectivity index (χ0) is 22.0. The molecule has 1 aliphatic heterocycles. The number of aliphatic hydroxyl groups is 1. The van der Waals surface area contributed by atoms with Crippen LogP contribution in [0.25, 0.3) is 11.0 Å². The van der Waals surface area contributed by atoms with Crippen LogP contribution in [0.15, 0.2) is 36.7 Å². The summed E-state index contributed by atoms with van der Waals surface area (Å²) in [4.78, 5) is 29.6. The molecule has 4 rings (SSSR count). The number of anilines is 1. The Morgan fingerprint density at radius 2 is 2.06 bits per heavy atom. The van der Waals surface area contributed by atoms with Gasteiger partial charge in [0, 0.05) is 44.9 Å². The largest absolute Gasteiger partial charge is 0.386 e. The second kappa shape index (κ2) is 8.63. The topological polar surface area (TPSA) is 87.4 Å². The first-order valence-corrected chi connectivity index (χ1v) is 10.8. The number of nitrogens with zero attached hydrogens (tertiary/aromatic N) is 6. The first-order valence-electron chi connectivity index (χ1n) is 10.8. The number of hydrogen-bond donors (Lipinski definition) is 1. The number of aromatic nitrogens is 4. The molecule has 31 heavy (non-hydrogen) atoms. The van der Waals surface area contributed by atoms with E-state index >= 15 is 0 Å². The minimum absolute atomic E-state index is 0.0145. The summed E-state index contributed by atoms with van der Waals surface area (Å²) in [5.74, 6) is 1.74. The van der Waals surface area contributed by atoms with Gasteiger partial charge >= 0.3 is 0 Å². The summed E-state index contributed by atoms with van der Waals surface area (Å²) < 4.78 is 2.08. The van der Waals surface area contributed by atoms with Crippen molar-refractivity contribution in [3.05, 3.63) is 48.2 Å². The maximum atomic E-state index is 12.8. The zero-order valence-corrected chi connectivity index (χ0v) is 18.5. The molecule has 1 aromatic carbocycles. The van der Waals surface area contributed by atoms with Gasteiger partial charge in [0.25, 0.3) is 0 Å². The summed E-state index contributed by atoms with van der Waals surface area (Å²) in [5.41, 5.74) is 1.92. The van der Waals surface area contributed by atoms with Crippen LogP contribution in [0.2, 0.25) is 0 Å². The maximum Gasteiger partial charge on any atom is 0.224 e. The lowest BCUT2D eigenvalue weighted by Gasteiger charge is -2.41. The molecule has 1 atom stereocenters. The highest BCUT2D eigenvalue weighted by Crippen LogP contribution is 2.26. The van der Waals surface area contributed by atoms with Gasteiger partial charge in [-0.1, -0.05) is 12.1 Å². The number of benzene rings is 1. The molecule has 3 heterocycles. The van der Waals surface area contributed by atoms with Crippen LogP contribution in [0.3, 0.4) is 0 Å².